The van der Waals surface area contributed by atoms with Crippen LogP contribution in [0.4, 0.5) is 0 Å². The van der Waals surface area contributed by atoms with Gasteiger partial charge in [0.15, 0.2) is 0 Å². The van der Waals surface area contributed by atoms with E-state index in [1.54, 1.807) is 32.4 Å². The lowest BCUT2D eigenvalue weighted by Gasteiger charge is -2.18. The fourth-order valence-corrected chi connectivity index (χ4v) is 3.11. The Kier molecular flexibility index (Phi) is 6.61. The lowest BCUT2D eigenvalue weighted by Crippen LogP contribution is -2.28. The van der Waals surface area contributed by atoms with Crippen LogP contribution in [-0.4, -0.2) is 47.1 Å². The van der Waals surface area contributed by atoms with Gasteiger partial charge in [0, 0.05) is 33.4 Å². The first-order chi connectivity index (χ1) is 9.43. The lowest BCUT2D eigenvalue weighted by molar-refractivity contribution is 0.189. The fraction of sp³-hybridized carbons (Fsp3) is 0.571. The number of hydrogen-bond donors (Lipinski definition) is 1. The average Bonchev–Trinajstić information content (AvgIpc) is 2.46. The molecule has 0 radical (unpaired) electrons. The van der Waals surface area contributed by atoms with E-state index in [0.717, 1.165) is 5.56 Å². The first-order valence-corrected chi connectivity index (χ1v) is 8.10. The second kappa shape index (κ2) is 7.73. The highest BCUT2D eigenvalue weighted by Crippen LogP contribution is 2.19. The molecule has 0 heterocycles. The molecule has 114 valence electrons. The van der Waals surface area contributed by atoms with Crippen LogP contribution in [0.15, 0.2) is 29.2 Å². The summed E-state index contributed by atoms with van der Waals surface area (Å²) in [6.45, 7) is 2.99. The third-order valence-electron chi connectivity index (χ3n) is 3.32. The first kappa shape index (κ1) is 17.1. The molecule has 1 atom stereocenters. The highest BCUT2D eigenvalue weighted by molar-refractivity contribution is 7.89. The molecule has 0 aromatic heterocycles. The summed E-state index contributed by atoms with van der Waals surface area (Å²) in [5.74, 6) is 0. The minimum atomic E-state index is -3.43. The normalized spacial score (nSPS) is 13.7. The highest BCUT2D eigenvalue weighted by Gasteiger charge is 2.21. The van der Waals surface area contributed by atoms with Gasteiger partial charge in [-0.25, -0.2) is 12.7 Å². The molecule has 20 heavy (non-hydrogen) atoms. The van der Waals surface area contributed by atoms with E-state index in [1.165, 1.54) is 4.31 Å². The minimum absolute atomic E-state index is 0.115. The summed E-state index contributed by atoms with van der Waals surface area (Å²) in [5.41, 5.74) is 0.957. The maximum Gasteiger partial charge on any atom is 0.242 e. The highest BCUT2D eigenvalue weighted by atomic mass is 32.2. The van der Waals surface area contributed by atoms with E-state index in [2.05, 4.69) is 5.32 Å². The van der Waals surface area contributed by atoms with Crippen LogP contribution in [0.25, 0.3) is 0 Å². The zero-order valence-electron chi connectivity index (χ0n) is 12.6. The van der Waals surface area contributed by atoms with Gasteiger partial charge in [-0.2, -0.15) is 0 Å². The molecule has 0 saturated carbocycles. The van der Waals surface area contributed by atoms with Crippen LogP contribution in [0, 0.1) is 0 Å². The zero-order chi connectivity index (χ0) is 15.2. The third-order valence-corrected chi connectivity index (χ3v) is 5.17. The van der Waals surface area contributed by atoms with E-state index in [-0.39, 0.29) is 6.04 Å². The van der Waals surface area contributed by atoms with Crippen molar-refractivity contribution >= 4 is 10.0 Å². The van der Waals surface area contributed by atoms with E-state index in [1.807, 2.05) is 20.0 Å². The number of hydrogen-bond acceptors (Lipinski definition) is 4. The number of nitrogens with one attached hydrogen (secondary N) is 1. The van der Waals surface area contributed by atoms with Crippen LogP contribution in [0.2, 0.25) is 0 Å². The Morgan fingerprint density at radius 3 is 2.70 bits per heavy atom. The minimum Gasteiger partial charge on any atom is -0.385 e. The Labute approximate surface area is 122 Å². The van der Waals surface area contributed by atoms with E-state index < -0.39 is 10.0 Å². The van der Waals surface area contributed by atoms with E-state index in [4.69, 9.17) is 4.74 Å². The molecule has 1 N–H and O–H groups in total. The van der Waals surface area contributed by atoms with Crippen molar-refractivity contribution < 1.29 is 13.2 Å². The monoisotopic (exact) mass is 300 g/mol. The van der Waals surface area contributed by atoms with Gasteiger partial charge < -0.3 is 10.1 Å². The molecule has 0 aliphatic heterocycles. The van der Waals surface area contributed by atoms with Gasteiger partial charge in [0.25, 0.3) is 0 Å². The van der Waals surface area contributed by atoms with Crippen LogP contribution in [0.3, 0.4) is 0 Å². The summed E-state index contributed by atoms with van der Waals surface area (Å²) < 4.78 is 31.2. The smallest absolute Gasteiger partial charge is 0.242 e. The van der Waals surface area contributed by atoms with Crippen LogP contribution in [0.1, 0.15) is 24.9 Å². The maximum absolute atomic E-state index is 12.5. The molecule has 0 bridgehead atoms. The van der Waals surface area contributed by atoms with Crippen molar-refractivity contribution in [3.63, 3.8) is 0 Å². The number of sulfonamides is 1. The fourth-order valence-electron chi connectivity index (χ4n) is 1.84. The van der Waals surface area contributed by atoms with Crippen molar-refractivity contribution in [1.82, 2.24) is 9.62 Å². The van der Waals surface area contributed by atoms with Gasteiger partial charge in [0.2, 0.25) is 10.0 Å². The molecule has 1 aromatic rings. The van der Waals surface area contributed by atoms with E-state index >= 15 is 0 Å². The second-order valence-corrected chi connectivity index (χ2v) is 6.80. The number of nitrogens with zero attached hydrogens (tertiary/aromatic N) is 1. The predicted octanol–water partition coefficient (Wildman–Crippen LogP) is 1.62. The molecule has 0 aliphatic rings. The largest absolute Gasteiger partial charge is 0.385 e. The summed E-state index contributed by atoms with van der Waals surface area (Å²) in [6.07, 6.45) is 0.679. The van der Waals surface area contributed by atoms with Gasteiger partial charge >= 0.3 is 0 Å². The molecular formula is C14H24N2O3S. The quantitative estimate of drug-likeness (QED) is 0.741. The standard InChI is InChI=1S/C14H24N2O3S/c1-12(15-2)13-7-5-8-14(11-13)20(17,18)16(3)9-6-10-19-4/h5,7-8,11-12,15H,6,9-10H2,1-4H3. The topological polar surface area (TPSA) is 58.6 Å². The lowest BCUT2D eigenvalue weighted by atomic mass is 10.1. The summed E-state index contributed by atoms with van der Waals surface area (Å²) in [5, 5.41) is 3.11. The van der Waals surface area contributed by atoms with Crippen molar-refractivity contribution in [3.8, 4) is 0 Å². The summed E-state index contributed by atoms with van der Waals surface area (Å²) in [7, 11) is 1.62. The van der Waals surface area contributed by atoms with Crippen molar-refractivity contribution in [3.05, 3.63) is 29.8 Å². The van der Waals surface area contributed by atoms with Crippen LogP contribution in [-0.2, 0) is 14.8 Å². The molecule has 0 spiro atoms. The number of rotatable bonds is 8. The number of benzene rings is 1. The van der Waals surface area contributed by atoms with Crippen LogP contribution >= 0.6 is 0 Å². The molecule has 0 saturated heterocycles. The van der Waals surface area contributed by atoms with Gasteiger partial charge in [-0.1, -0.05) is 12.1 Å². The maximum atomic E-state index is 12.5. The van der Waals surface area contributed by atoms with Gasteiger partial charge in [-0.05, 0) is 38.1 Å². The van der Waals surface area contributed by atoms with Crippen LogP contribution < -0.4 is 5.32 Å². The van der Waals surface area contributed by atoms with Crippen LogP contribution in [0.5, 0.6) is 0 Å². The van der Waals surface area contributed by atoms with Crippen molar-refractivity contribution in [2.45, 2.75) is 24.3 Å². The van der Waals surface area contributed by atoms with Gasteiger partial charge in [-0.15, -0.1) is 0 Å². The molecule has 0 fully saturated rings. The second-order valence-electron chi connectivity index (χ2n) is 4.76. The summed E-state index contributed by atoms with van der Waals surface area (Å²) in [4.78, 5) is 0.331. The number of methoxy groups -OCH3 is 1. The molecule has 5 nitrogen and oxygen atoms in total. The van der Waals surface area contributed by atoms with Gasteiger partial charge in [0.05, 0.1) is 4.90 Å². The SMILES string of the molecule is CNC(C)c1cccc(S(=O)(=O)N(C)CCCOC)c1. The molecule has 1 unspecified atom stereocenters. The molecule has 0 amide bonds. The molecule has 0 aliphatic carbocycles. The Balaban J connectivity index is 2.91. The Morgan fingerprint density at radius 1 is 1.40 bits per heavy atom. The summed E-state index contributed by atoms with van der Waals surface area (Å²) >= 11 is 0. The van der Waals surface area contributed by atoms with E-state index in [9.17, 15) is 8.42 Å². The van der Waals surface area contributed by atoms with Gasteiger partial charge in [0.1, 0.15) is 0 Å². The Morgan fingerprint density at radius 2 is 2.10 bits per heavy atom. The first-order valence-electron chi connectivity index (χ1n) is 6.66. The molecule has 1 rings (SSSR count). The average molecular weight is 300 g/mol. The third kappa shape index (κ3) is 4.28. The Hall–Kier alpha value is -0.950. The molecule has 1 aromatic carbocycles. The van der Waals surface area contributed by atoms with Crippen molar-refractivity contribution in [2.75, 3.05) is 34.4 Å². The Bertz CT molecular complexity index is 517. The summed E-state index contributed by atoms with van der Waals surface area (Å²) in [6, 6.07) is 7.17. The zero-order valence-corrected chi connectivity index (χ0v) is 13.4. The van der Waals surface area contributed by atoms with E-state index in [0.29, 0.717) is 24.5 Å². The van der Waals surface area contributed by atoms with Crippen molar-refractivity contribution in [2.24, 2.45) is 0 Å². The molecule has 6 heteroatoms. The molecular weight excluding hydrogens is 276 g/mol. The number of ether oxygens (including phenoxy) is 1. The van der Waals surface area contributed by atoms with Crippen molar-refractivity contribution in [1.29, 1.82) is 0 Å². The van der Waals surface area contributed by atoms with Gasteiger partial charge in [-0.3, -0.25) is 0 Å². The predicted molar refractivity (Wildman–Crippen MR) is 80.2 cm³/mol.